The molecule has 1 aliphatic heterocycles. The quantitative estimate of drug-likeness (QED) is 0.463. The average Bonchev–Trinajstić information content (AvgIpc) is 2.86. The smallest absolute Gasteiger partial charge is 0.328 e. The molecule has 124 valence electrons. The van der Waals surface area contributed by atoms with E-state index in [9.17, 15) is 14.4 Å². The van der Waals surface area contributed by atoms with Crippen LogP contribution in [0.2, 0.25) is 0 Å². The summed E-state index contributed by atoms with van der Waals surface area (Å²) in [5, 5.41) is -0.502. The number of carbonyl (C=O) groups excluding carboxylic acids is 3. The fourth-order valence-electron chi connectivity index (χ4n) is 2.03. The number of ether oxygens (including phenoxy) is 2. The first-order chi connectivity index (χ1) is 11.5. The maximum absolute atomic E-state index is 12.4. The van der Waals surface area contributed by atoms with Crippen molar-refractivity contribution < 1.29 is 23.9 Å². The highest BCUT2D eigenvalue weighted by Gasteiger charge is 2.41. The molecule has 0 bridgehead atoms. The molecule has 0 N–H and O–H groups in total. The van der Waals surface area contributed by atoms with Gasteiger partial charge in [0.15, 0.2) is 0 Å². The summed E-state index contributed by atoms with van der Waals surface area (Å²) in [6.07, 6.45) is 6.70. The van der Waals surface area contributed by atoms with Gasteiger partial charge in [0.05, 0.1) is 12.0 Å². The normalized spacial score (nSPS) is 16.9. The third-order valence-corrected chi connectivity index (χ3v) is 4.14. The zero-order valence-electron chi connectivity index (χ0n) is 13.1. The van der Waals surface area contributed by atoms with Crippen molar-refractivity contribution in [3.63, 3.8) is 0 Å². The van der Waals surface area contributed by atoms with Crippen molar-refractivity contribution in [2.75, 3.05) is 13.7 Å². The molecule has 0 unspecified atom stereocenters. The van der Waals surface area contributed by atoms with Crippen LogP contribution < -0.4 is 4.74 Å². The van der Waals surface area contributed by atoms with Crippen molar-refractivity contribution in [1.29, 1.82) is 0 Å². The van der Waals surface area contributed by atoms with Gasteiger partial charge in [-0.05, 0) is 42.5 Å². The molecule has 1 fully saturated rings. The number of amides is 2. The van der Waals surface area contributed by atoms with Gasteiger partial charge in [-0.25, -0.2) is 4.79 Å². The van der Waals surface area contributed by atoms with E-state index in [0.717, 1.165) is 22.2 Å². The summed E-state index contributed by atoms with van der Waals surface area (Å²) >= 11 is 0.784. The van der Waals surface area contributed by atoms with E-state index in [1.54, 1.807) is 30.3 Å². The lowest BCUT2D eigenvalue weighted by Crippen LogP contribution is -2.42. The Bertz CT molecular complexity index is 732. The van der Waals surface area contributed by atoms with Gasteiger partial charge in [0.25, 0.3) is 11.1 Å². The molecule has 0 spiro atoms. The van der Waals surface area contributed by atoms with Crippen LogP contribution in [0, 0.1) is 12.3 Å². The highest BCUT2D eigenvalue weighted by molar-refractivity contribution is 8.18. The molecule has 1 aromatic carbocycles. The number of carbonyl (C=O) groups is 3. The van der Waals surface area contributed by atoms with Crippen molar-refractivity contribution >= 4 is 35.0 Å². The Morgan fingerprint density at radius 2 is 2.04 bits per heavy atom. The summed E-state index contributed by atoms with van der Waals surface area (Å²) in [4.78, 5) is 37.0. The van der Waals surface area contributed by atoms with Gasteiger partial charge in [-0.2, -0.15) is 0 Å². The van der Waals surface area contributed by atoms with Crippen molar-refractivity contribution in [3.05, 3.63) is 34.7 Å². The second kappa shape index (κ2) is 7.70. The molecule has 1 atom stereocenters. The molecular formula is C17H15NO5S. The number of hydrogen-bond donors (Lipinski definition) is 0. The van der Waals surface area contributed by atoms with Crippen molar-refractivity contribution in [2.45, 2.75) is 13.0 Å². The van der Waals surface area contributed by atoms with Crippen LogP contribution in [-0.4, -0.2) is 41.8 Å². The van der Waals surface area contributed by atoms with E-state index in [2.05, 4.69) is 10.7 Å². The Balaban J connectivity index is 2.16. The van der Waals surface area contributed by atoms with E-state index in [-0.39, 0.29) is 11.5 Å². The first kappa shape index (κ1) is 17.6. The van der Waals surface area contributed by atoms with Crippen molar-refractivity contribution in [3.8, 4) is 18.1 Å². The predicted molar refractivity (Wildman–Crippen MR) is 90.1 cm³/mol. The van der Waals surface area contributed by atoms with E-state index >= 15 is 0 Å². The Morgan fingerprint density at radius 3 is 2.62 bits per heavy atom. The number of imide groups is 1. The molecule has 1 heterocycles. The van der Waals surface area contributed by atoms with Gasteiger partial charge < -0.3 is 9.47 Å². The Labute approximate surface area is 143 Å². The monoisotopic (exact) mass is 345 g/mol. The highest BCUT2D eigenvalue weighted by Crippen LogP contribution is 2.34. The number of terminal acetylenes is 1. The maximum Gasteiger partial charge on any atom is 0.328 e. The molecule has 24 heavy (non-hydrogen) atoms. The molecular weight excluding hydrogens is 330 g/mol. The molecule has 2 amide bonds. The molecule has 1 aliphatic rings. The van der Waals surface area contributed by atoms with E-state index in [1.165, 1.54) is 14.0 Å². The molecule has 2 rings (SSSR count). The zero-order chi connectivity index (χ0) is 17.7. The van der Waals surface area contributed by atoms with Gasteiger partial charge in [0.2, 0.25) is 0 Å². The fraction of sp³-hybridized carbons (Fsp3) is 0.235. The first-order valence-electron chi connectivity index (χ1n) is 6.99. The molecule has 0 saturated carbocycles. The van der Waals surface area contributed by atoms with Crippen molar-refractivity contribution in [2.24, 2.45) is 0 Å². The third-order valence-electron chi connectivity index (χ3n) is 3.25. The van der Waals surface area contributed by atoms with Crippen LogP contribution >= 0.6 is 11.8 Å². The third kappa shape index (κ3) is 3.78. The van der Waals surface area contributed by atoms with E-state index in [4.69, 9.17) is 11.2 Å². The Hall–Kier alpha value is -2.72. The minimum atomic E-state index is -0.965. The van der Waals surface area contributed by atoms with Gasteiger partial charge in [-0.15, -0.1) is 6.42 Å². The summed E-state index contributed by atoms with van der Waals surface area (Å²) in [5.74, 6) is 1.81. The highest BCUT2D eigenvalue weighted by atomic mass is 32.2. The van der Waals surface area contributed by atoms with Gasteiger partial charge in [-0.3, -0.25) is 14.5 Å². The molecule has 0 aliphatic carbocycles. The maximum atomic E-state index is 12.4. The number of hydrogen-bond acceptors (Lipinski definition) is 6. The summed E-state index contributed by atoms with van der Waals surface area (Å²) in [6.45, 7) is 1.62. The van der Waals surface area contributed by atoms with Gasteiger partial charge in [0, 0.05) is 0 Å². The summed E-state index contributed by atoms with van der Waals surface area (Å²) in [6, 6.07) is 5.94. The topological polar surface area (TPSA) is 72.9 Å². The standard InChI is InChI=1S/C17H15NO5S/c1-4-9-23-13-7-5-12(6-8-13)10-14-15(19)18(17(21)24-14)11(2)16(20)22-3/h1,5-8,10-11H,9H2,2-3H3/b14-10-/t11-/m1/s1. The van der Waals surface area contributed by atoms with Crippen LogP contribution in [0.15, 0.2) is 29.2 Å². The second-order valence-corrected chi connectivity index (χ2v) is 5.81. The molecule has 6 nitrogen and oxygen atoms in total. The lowest BCUT2D eigenvalue weighted by atomic mass is 10.2. The number of esters is 1. The van der Waals surface area contributed by atoms with Crippen LogP contribution in [0.25, 0.3) is 6.08 Å². The number of rotatable bonds is 5. The molecule has 7 heteroatoms. The fourth-order valence-corrected chi connectivity index (χ4v) is 2.93. The Morgan fingerprint density at radius 1 is 1.38 bits per heavy atom. The SMILES string of the molecule is C#CCOc1ccc(/C=C2\SC(=O)N([C@H](C)C(=O)OC)C2=O)cc1. The van der Waals surface area contributed by atoms with Crippen LogP contribution in [-0.2, 0) is 14.3 Å². The minimum Gasteiger partial charge on any atom is -0.481 e. The minimum absolute atomic E-state index is 0.170. The van der Waals surface area contributed by atoms with Gasteiger partial charge >= 0.3 is 5.97 Å². The molecule has 0 aromatic heterocycles. The lowest BCUT2D eigenvalue weighted by Gasteiger charge is -2.18. The van der Waals surface area contributed by atoms with Crippen molar-refractivity contribution in [1.82, 2.24) is 4.90 Å². The van der Waals surface area contributed by atoms with Crippen LogP contribution in [0.5, 0.6) is 5.75 Å². The second-order valence-electron chi connectivity index (χ2n) is 4.81. The van der Waals surface area contributed by atoms with E-state index in [1.807, 2.05) is 0 Å². The molecule has 1 aromatic rings. The number of methoxy groups -OCH3 is 1. The largest absolute Gasteiger partial charge is 0.481 e. The number of thioether (sulfide) groups is 1. The van der Waals surface area contributed by atoms with E-state index < -0.39 is 23.2 Å². The van der Waals surface area contributed by atoms with E-state index in [0.29, 0.717) is 5.75 Å². The molecule has 0 radical (unpaired) electrons. The van der Waals surface area contributed by atoms with Gasteiger partial charge in [-0.1, -0.05) is 18.1 Å². The zero-order valence-corrected chi connectivity index (χ0v) is 14.0. The predicted octanol–water partition coefficient (Wildman–Crippen LogP) is 2.30. The lowest BCUT2D eigenvalue weighted by molar-refractivity contribution is -0.148. The van der Waals surface area contributed by atoms with Crippen LogP contribution in [0.3, 0.4) is 0 Å². The summed E-state index contributed by atoms with van der Waals surface area (Å²) in [5.41, 5.74) is 0.722. The first-order valence-corrected chi connectivity index (χ1v) is 7.80. The van der Waals surface area contributed by atoms with Crippen LogP contribution in [0.1, 0.15) is 12.5 Å². The Kier molecular flexibility index (Phi) is 5.66. The number of nitrogens with zero attached hydrogens (tertiary/aromatic N) is 1. The summed E-state index contributed by atoms with van der Waals surface area (Å²) < 4.78 is 9.84. The van der Waals surface area contributed by atoms with Gasteiger partial charge in [0.1, 0.15) is 18.4 Å². The summed E-state index contributed by atoms with van der Waals surface area (Å²) in [7, 11) is 1.21. The number of benzene rings is 1. The average molecular weight is 345 g/mol. The van der Waals surface area contributed by atoms with Crippen LogP contribution in [0.4, 0.5) is 4.79 Å². The molecule has 1 saturated heterocycles.